The lowest BCUT2D eigenvalue weighted by Crippen LogP contribution is -2.21. The summed E-state index contributed by atoms with van der Waals surface area (Å²) in [5, 5.41) is 3.37. The summed E-state index contributed by atoms with van der Waals surface area (Å²) in [5.74, 6) is 0. The molecule has 1 aromatic carbocycles. The molecule has 0 amide bonds. The van der Waals surface area contributed by atoms with E-state index in [0.29, 0.717) is 6.04 Å². The van der Waals surface area contributed by atoms with Gasteiger partial charge in [-0.15, -0.1) is 0 Å². The van der Waals surface area contributed by atoms with Crippen LogP contribution in [0.1, 0.15) is 30.7 Å². The van der Waals surface area contributed by atoms with Gasteiger partial charge in [-0.25, -0.2) is 4.98 Å². The molecule has 3 heteroatoms. The van der Waals surface area contributed by atoms with E-state index in [0.717, 1.165) is 18.8 Å². The topological polar surface area (TPSA) is 29.9 Å². The molecule has 0 bridgehead atoms. The summed E-state index contributed by atoms with van der Waals surface area (Å²) in [4.78, 5) is 4.41. The molecule has 2 aromatic rings. The Morgan fingerprint density at radius 1 is 1.33 bits per heavy atom. The van der Waals surface area contributed by atoms with E-state index in [2.05, 4.69) is 66.1 Å². The van der Waals surface area contributed by atoms with Gasteiger partial charge in [0.2, 0.25) is 0 Å². The van der Waals surface area contributed by atoms with Crippen LogP contribution >= 0.6 is 0 Å². The zero-order valence-corrected chi connectivity index (χ0v) is 11.4. The van der Waals surface area contributed by atoms with E-state index < -0.39 is 0 Å². The molecule has 0 radical (unpaired) electrons. The maximum Gasteiger partial charge on any atom is 0.0953 e. The van der Waals surface area contributed by atoms with Crippen molar-refractivity contribution in [3.63, 3.8) is 0 Å². The predicted octanol–water partition coefficient (Wildman–Crippen LogP) is 2.74. The Morgan fingerprint density at radius 3 is 2.89 bits per heavy atom. The number of aromatic nitrogens is 2. The van der Waals surface area contributed by atoms with Crippen LogP contribution in [0, 0.1) is 6.92 Å². The van der Waals surface area contributed by atoms with Crippen LogP contribution in [0.3, 0.4) is 0 Å². The maximum atomic E-state index is 4.41. The first-order valence-corrected chi connectivity index (χ1v) is 6.43. The van der Waals surface area contributed by atoms with Gasteiger partial charge in [-0.3, -0.25) is 0 Å². The SMILES string of the molecule is Cc1cccc(Cn2cnc(CNC(C)C)c2)c1. The van der Waals surface area contributed by atoms with Gasteiger partial charge in [0.1, 0.15) is 0 Å². The highest BCUT2D eigenvalue weighted by molar-refractivity contribution is 5.22. The first-order chi connectivity index (χ1) is 8.63. The van der Waals surface area contributed by atoms with Gasteiger partial charge in [0.05, 0.1) is 12.0 Å². The predicted molar refractivity (Wildman–Crippen MR) is 74.5 cm³/mol. The number of benzene rings is 1. The average molecular weight is 243 g/mol. The zero-order valence-electron chi connectivity index (χ0n) is 11.4. The molecule has 0 aliphatic rings. The van der Waals surface area contributed by atoms with Gasteiger partial charge in [0.25, 0.3) is 0 Å². The number of hydrogen-bond acceptors (Lipinski definition) is 2. The highest BCUT2D eigenvalue weighted by atomic mass is 15.0. The van der Waals surface area contributed by atoms with Crippen LogP contribution in [0.15, 0.2) is 36.8 Å². The van der Waals surface area contributed by atoms with Crippen molar-refractivity contribution in [2.75, 3.05) is 0 Å². The summed E-state index contributed by atoms with van der Waals surface area (Å²) in [7, 11) is 0. The van der Waals surface area contributed by atoms with E-state index in [1.54, 1.807) is 0 Å². The van der Waals surface area contributed by atoms with E-state index in [9.17, 15) is 0 Å². The highest BCUT2D eigenvalue weighted by Crippen LogP contribution is 2.07. The number of nitrogens with zero attached hydrogens (tertiary/aromatic N) is 2. The number of nitrogens with one attached hydrogen (secondary N) is 1. The molecule has 0 saturated carbocycles. The molecule has 0 spiro atoms. The second-order valence-electron chi connectivity index (χ2n) is 5.06. The number of aryl methyl sites for hydroxylation is 1. The Labute approximate surface area is 109 Å². The summed E-state index contributed by atoms with van der Waals surface area (Å²) in [6.45, 7) is 8.12. The van der Waals surface area contributed by atoms with Crippen molar-refractivity contribution < 1.29 is 0 Å². The van der Waals surface area contributed by atoms with Crippen molar-refractivity contribution in [3.8, 4) is 0 Å². The number of hydrogen-bond donors (Lipinski definition) is 1. The van der Waals surface area contributed by atoms with Gasteiger partial charge in [0.15, 0.2) is 0 Å². The molecular weight excluding hydrogens is 222 g/mol. The lowest BCUT2D eigenvalue weighted by atomic mass is 10.1. The fourth-order valence-electron chi connectivity index (χ4n) is 1.91. The minimum absolute atomic E-state index is 0.493. The summed E-state index contributed by atoms with van der Waals surface area (Å²) in [5.41, 5.74) is 3.71. The highest BCUT2D eigenvalue weighted by Gasteiger charge is 2.01. The van der Waals surface area contributed by atoms with E-state index in [4.69, 9.17) is 0 Å². The first kappa shape index (κ1) is 12.8. The summed E-state index contributed by atoms with van der Waals surface area (Å²) < 4.78 is 2.13. The molecule has 0 aliphatic carbocycles. The van der Waals surface area contributed by atoms with Crippen LogP contribution in [0.2, 0.25) is 0 Å². The van der Waals surface area contributed by atoms with E-state index in [1.807, 2.05) is 6.33 Å². The molecule has 0 fully saturated rings. The lowest BCUT2D eigenvalue weighted by Gasteiger charge is -2.05. The van der Waals surface area contributed by atoms with Crippen molar-refractivity contribution in [2.45, 2.75) is 39.9 Å². The third kappa shape index (κ3) is 3.70. The molecule has 0 atom stereocenters. The molecule has 1 heterocycles. The number of rotatable bonds is 5. The lowest BCUT2D eigenvalue weighted by molar-refractivity contribution is 0.582. The third-order valence-corrected chi connectivity index (χ3v) is 2.83. The van der Waals surface area contributed by atoms with Gasteiger partial charge in [-0.05, 0) is 12.5 Å². The Kier molecular flexibility index (Phi) is 4.15. The van der Waals surface area contributed by atoms with E-state index in [1.165, 1.54) is 11.1 Å². The first-order valence-electron chi connectivity index (χ1n) is 6.43. The van der Waals surface area contributed by atoms with Crippen LogP contribution in [-0.2, 0) is 13.1 Å². The van der Waals surface area contributed by atoms with Crippen molar-refractivity contribution in [1.82, 2.24) is 14.9 Å². The van der Waals surface area contributed by atoms with Gasteiger partial charge in [0, 0.05) is 25.3 Å². The van der Waals surface area contributed by atoms with E-state index >= 15 is 0 Å². The summed E-state index contributed by atoms with van der Waals surface area (Å²) >= 11 is 0. The Bertz CT molecular complexity index is 500. The van der Waals surface area contributed by atoms with Gasteiger partial charge in [-0.1, -0.05) is 43.7 Å². The molecule has 0 saturated heterocycles. The van der Waals surface area contributed by atoms with Crippen LogP contribution in [0.4, 0.5) is 0 Å². The quantitative estimate of drug-likeness (QED) is 0.875. The second-order valence-corrected chi connectivity index (χ2v) is 5.06. The molecule has 96 valence electrons. The van der Waals surface area contributed by atoms with Crippen molar-refractivity contribution in [2.24, 2.45) is 0 Å². The minimum atomic E-state index is 0.493. The van der Waals surface area contributed by atoms with Crippen LogP contribution in [-0.4, -0.2) is 15.6 Å². The molecule has 2 rings (SSSR count). The molecule has 3 nitrogen and oxygen atoms in total. The smallest absolute Gasteiger partial charge is 0.0953 e. The fourth-order valence-corrected chi connectivity index (χ4v) is 1.91. The third-order valence-electron chi connectivity index (χ3n) is 2.83. The largest absolute Gasteiger partial charge is 0.333 e. The average Bonchev–Trinajstić information content (AvgIpc) is 2.74. The fraction of sp³-hybridized carbons (Fsp3) is 0.400. The monoisotopic (exact) mass is 243 g/mol. The standard InChI is InChI=1S/C15H21N3/c1-12(2)16-8-15-10-18(11-17-15)9-14-6-4-5-13(3)7-14/h4-7,10-12,16H,8-9H2,1-3H3. The summed E-state index contributed by atoms with van der Waals surface area (Å²) in [6, 6.07) is 9.08. The minimum Gasteiger partial charge on any atom is -0.333 e. The molecule has 1 N–H and O–H groups in total. The van der Waals surface area contributed by atoms with Crippen LogP contribution < -0.4 is 5.32 Å². The molecule has 0 unspecified atom stereocenters. The molecule has 1 aromatic heterocycles. The number of imidazole rings is 1. The molecule has 0 aliphatic heterocycles. The van der Waals surface area contributed by atoms with Gasteiger partial charge in [-0.2, -0.15) is 0 Å². The molecular formula is C15H21N3. The van der Waals surface area contributed by atoms with Gasteiger partial charge >= 0.3 is 0 Å². The summed E-state index contributed by atoms with van der Waals surface area (Å²) in [6.07, 6.45) is 4.01. The molecule has 18 heavy (non-hydrogen) atoms. The Balaban J connectivity index is 1.98. The Morgan fingerprint density at radius 2 is 2.17 bits per heavy atom. The van der Waals surface area contributed by atoms with Crippen LogP contribution in [0.25, 0.3) is 0 Å². The normalized spacial score (nSPS) is 11.1. The van der Waals surface area contributed by atoms with Crippen molar-refractivity contribution in [3.05, 3.63) is 53.6 Å². The zero-order chi connectivity index (χ0) is 13.0. The Hall–Kier alpha value is -1.61. The second kappa shape index (κ2) is 5.83. The maximum absolute atomic E-state index is 4.41. The van der Waals surface area contributed by atoms with E-state index in [-0.39, 0.29) is 0 Å². The van der Waals surface area contributed by atoms with Crippen molar-refractivity contribution >= 4 is 0 Å². The van der Waals surface area contributed by atoms with Crippen molar-refractivity contribution in [1.29, 1.82) is 0 Å². The van der Waals surface area contributed by atoms with Crippen LogP contribution in [0.5, 0.6) is 0 Å². The van der Waals surface area contributed by atoms with Gasteiger partial charge < -0.3 is 9.88 Å².